The number of amides is 10. The quantitative estimate of drug-likeness (QED) is 0.0345. The van der Waals surface area contributed by atoms with Crippen molar-refractivity contribution in [2.45, 2.75) is 108 Å². The van der Waals surface area contributed by atoms with Crippen LogP contribution in [-0.2, 0) is 62.4 Å². The highest BCUT2D eigenvalue weighted by Crippen LogP contribution is 2.20. The Bertz CT molecular complexity index is 2810. The molecule has 424 valence electrons. The van der Waals surface area contributed by atoms with Crippen LogP contribution in [0, 0.1) is 0 Å². The first-order chi connectivity index (χ1) is 37.8. The molecule has 0 spiro atoms. The van der Waals surface area contributed by atoms with E-state index in [-0.39, 0.29) is 68.2 Å². The number of benzene rings is 3. The third-order valence-corrected chi connectivity index (χ3v) is 13.9. The van der Waals surface area contributed by atoms with E-state index >= 15 is 0 Å². The SMILES string of the molecule is CCCCCCN1CC(=O)N[C@@H](Cc2c[nH]c3ccccc23)C(=O)N[C@@H](C)C(=O)N[C@H](C(N)=O)CSCC(=O)N[C@@H](Cc2ccccc2)C(=O)N[C@@H](Cc2ccc(C(N)=O)cc2)C(=O)N[C@@H](CCCN=C(N)N)C(=O)NCC1=O. The third-order valence-electron chi connectivity index (χ3n) is 12.9. The fourth-order valence-corrected chi connectivity index (χ4v) is 9.43. The van der Waals surface area contributed by atoms with Crippen LogP contribution in [0.4, 0.5) is 0 Å². The molecule has 0 aliphatic carbocycles. The van der Waals surface area contributed by atoms with Crippen molar-refractivity contribution >= 4 is 87.7 Å². The van der Waals surface area contributed by atoms with Crippen molar-refractivity contribution in [1.29, 1.82) is 0 Å². The summed E-state index contributed by atoms with van der Waals surface area (Å²) in [5.74, 6) is -8.43. The number of rotatable bonds is 17. The van der Waals surface area contributed by atoms with Crippen LogP contribution in [0.25, 0.3) is 10.9 Å². The summed E-state index contributed by atoms with van der Waals surface area (Å²) < 4.78 is 0. The van der Waals surface area contributed by atoms with Crippen molar-refractivity contribution in [2.24, 2.45) is 27.9 Å². The molecule has 5 rings (SSSR count). The van der Waals surface area contributed by atoms with Crippen LogP contribution in [0.3, 0.4) is 0 Å². The smallest absolute Gasteiger partial charge is 0.248 e. The molecule has 3 aromatic carbocycles. The van der Waals surface area contributed by atoms with Crippen molar-refractivity contribution < 1.29 is 47.9 Å². The van der Waals surface area contributed by atoms with Crippen LogP contribution in [0.2, 0.25) is 0 Å². The Kier molecular flexibility index (Phi) is 24.1. The first kappa shape index (κ1) is 61.4. The molecular formula is C54H72N14O10S. The molecule has 0 saturated carbocycles. The molecule has 1 aliphatic rings. The van der Waals surface area contributed by atoms with Crippen molar-refractivity contribution in [3.05, 3.63) is 107 Å². The first-order valence-electron chi connectivity index (χ1n) is 26.1. The van der Waals surface area contributed by atoms with E-state index in [2.05, 4.69) is 47.2 Å². The van der Waals surface area contributed by atoms with E-state index in [9.17, 15) is 47.9 Å². The number of carbonyl (C=O) groups excluding carboxylic acids is 10. The van der Waals surface area contributed by atoms with Gasteiger partial charge in [0.1, 0.15) is 36.3 Å². The maximum absolute atomic E-state index is 14.6. The predicted molar refractivity (Wildman–Crippen MR) is 298 cm³/mol. The molecule has 1 aromatic heterocycles. The summed E-state index contributed by atoms with van der Waals surface area (Å²) in [5.41, 5.74) is 25.0. The largest absolute Gasteiger partial charge is 0.370 e. The van der Waals surface area contributed by atoms with Crippen molar-refractivity contribution in [1.82, 2.24) is 47.1 Å². The van der Waals surface area contributed by atoms with Gasteiger partial charge in [-0.3, -0.25) is 52.9 Å². The Labute approximate surface area is 461 Å². The number of carbonyl (C=O) groups is 10. The van der Waals surface area contributed by atoms with Gasteiger partial charge in [-0.05, 0) is 61.1 Å². The highest BCUT2D eigenvalue weighted by molar-refractivity contribution is 8.00. The van der Waals surface area contributed by atoms with Gasteiger partial charge in [-0.1, -0.05) is 86.8 Å². The summed E-state index contributed by atoms with van der Waals surface area (Å²) in [6, 6.07) is 14.0. The minimum absolute atomic E-state index is 0.0441. The molecule has 16 N–H and O–H groups in total. The molecule has 0 radical (unpaired) electrons. The number of nitrogens with two attached hydrogens (primary N) is 4. The van der Waals surface area contributed by atoms with E-state index in [0.29, 0.717) is 29.5 Å². The molecule has 2 heterocycles. The zero-order chi connectivity index (χ0) is 57.4. The number of aromatic nitrogens is 1. The Balaban J connectivity index is 1.52. The van der Waals surface area contributed by atoms with Crippen molar-refractivity contribution in [3.63, 3.8) is 0 Å². The Morgan fingerprint density at radius 1 is 0.646 bits per heavy atom. The van der Waals surface area contributed by atoms with Gasteiger partial charge in [0.05, 0.1) is 18.8 Å². The van der Waals surface area contributed by atoms with Gasteiger partial charge in [0.2, 0.25) is 59.1 Å². The molecule has 24 nitrogen and oxygen atoms in total. The molecule has 1 aliphatic heterocycles. The van der Waals surface area contributed by atoms with E-state index < -0.39 is 108 Å². The number of hydrogen-bond donors (Lipinski definition) is 12. The predicted octanol–water partition coefficient (Wildman–Crippen LogP) is -0.966. The van der Waals surface area contributed by atoms with Crippen molar-refractivity contribution in [2.75, 3.05) is 37.7 Å². The summed E-state index contributed by atoms with van der Waals surface area (Å²) >= 11 is 0.920. The maximum Gasteiger partial charge on any atom is 0.248 e. The lowest BCUT2D eigenvalue weighted by atomic mass is 10.0. The van der Waals surface area contributed by atoms with Crippen LogP contribution < -0.4 is 60.2 Å². The van der Waals surface area contributed by atoms with E-state index in [1.165, 1.54) is 36.1 Å². The number of fused-ring (bicyclic) bond motifs is 1. The van der Waals surface area contributed by atoms with Crippen molar-refractivity contribution in [3.8, 4) is 0 Å². The van der Waals surface area contributed by atoms with Gasteiger partial charge in [-0.25, -0.2) is 0 Å². The number of unbranched alkanes of at least 4 members (excludes halogenated alkanes) is 3. The van der Waals surface area contributed by atoms with E-state index in [4.69, 9.17) is 22.9 Å². The molecule has 1 fully saturated rings. The minimum atomic E-state index is -1.42. The summed E-state index contributed by atoms with van der Waals surface area (Å²) in [6.07, 6.45) is 4.45. The number of nitrogens with zero attached hydrogens (tertiary/aromatic N) is 2. The van der Waals surface area contributed by atoms with Gasteiger partial charge < -0.3 is 70.0 Å². The number of primary amides is 2. The summed E-state index contributed by atoms with van der Waals surface area (Å²) in [5, 5.41) is 19.4. The van der Waals surface area contributed by atoms with Crippen LogP contribution in [0.5, 0.6) is 0 Å². The van der Waals surface area contributed by atoms with Gasteiger partial charge in [-0.2, -0.15) is 0 Å². The van der Waals surface area contributed by atoms with E-state index in [0.717, 1.165) is 35.5 Å². The second kappa shape index (κ2) is 31.1. The lowest BCUT2D eigenvalue weighted by Gasteiger charge is -2.27. The molecule has 4 aromatic rings. The molecule has 79 heavy (non-hydrogen) atoms. The molecule has 6 atom stereocenters. The van der Waals surface area contributed by atoms with Crippen LogP contribution >= 0.6 is 11.8 Å². The lowest BCUT2D eigenvalue weighted by Crippen LogP contribution is -2.58. The van der Waals surface area contributed by atoms with Gasteiger partial charge in [0.15, 0.2) is 5.96 Å². The maximum atomic E-state index is 14.6. The van der Waals surface area contributed by atoms with Crippen LogP contribution in [0.15, 0.2) is 90.1 Å². The minimum Gasteiger partial charge on any atom is -0.370 e. The number of aliphatic imine (C=N–C) groups is 1. The second-order valence-electron chi connectivity index (χ2n) is 19.1. The fourth-order valence-electron chi connectivity index (χ4n) is 8.56. The number of para-hydroxylation sites is 1. The highest BCUT2D eigenvalue weighted by atomic mass is 32.2. The standard InChI is InChI=1S/C54H72N14O10S/c1-3-4-5-11-23-68-29-44(69)63-42(26-36-27-60-38-16-10-9-15-37(36)38)51(76)62-32(2)49(74)67-43(48(56)73)30-79-31-45(70)64-40(24-33-13-7-6-8-14-33)52(77)66-41(25-34-18-20-35(21-19-34)47(55)72)53(78)65-39(17-12-22-59-54(57)58)50(75)61-28-46(68)71/h6-10,13-16,18-21,27,32,39-43,60H,3-5,11-12,17,22-26,28-31H2,1-2H3,(H2,55,72)(H2,56,73)(H,61,75)(H,62,76)(H,63,69)(H,64,70)(H,65,78)(H,66,77)(H,67,74)(H4,57,58,59)/t32-,39-,40-,41-,42-,43-/m0/s1. The Morgan fingerprint density at radius 2 is 1.27 bits per heavy atom. The van der Waals surface area contributed by atoms with Crippen LogP contribution in [-0.4, -0.2) is 149 Å². The fraction of sp³-hybridized carbons (Fsp3) is 0.426. The zero-order valence-corrected chi connectivity index (χ0v) is 45.2. The molecule has 1 saturated heterocycles. The van der Waals surface area contributed by atoms with E-state index in [1.54, 1.807) is 36.5 Å². The van der Waals surface area contributed by atoms with Gasteiger partial charge in [-0.15, -0.1) is 11.8 Å². The van der Waals surface area contributed by atoms with Gasteiger partial charge >= 0.3 is 0 Å². The number of aromatic amines is 1. The van der Waals surface area contributed by atoms with Gasteiger partial charge in [0.25, 0.3) is 0 Å². The second-order valence-corrected chi connectivity index (χ2v) is 20.2. The average molecular weight is 1110 g/mol. The molecule has 10 amide bonds. The van der Waals surface area contributed by atoms with Gasteiger partial charge in [0, 0.05) is 60.8 Å². The summed E-state index contributed by atoms with van der Waals surface area (Å²) in [6.45, 7) is 2.39. The summed E-state index contributed by atoms with van der Waals surface area (Å²) in [7, 11) is 0. The zero-order valence-electron chi connectivity index (χ0n) is 44.3. The van der Waals surface area contributed by atoms with Crippen LogP contribution in [0.1, 0.15) is 79.4 Å². The normalized spacial score (nSPS) is 21.0. The summed E-state index contributed by atoms with van der Waals surface area (Å²) in [4.78, 5) is 146. The Hall–Kier alpha value is -8.48. The monoisotopic (exact) mass is 1110 g/mol. The lowest BCUT2D eigenvalue weighted by molar-refractivity contribution is -0.138. The van der Waals surface area contributed by atoms with E-state index in [1.807, 2.05) is 31.2 Å². The molecule has 0 bridgehead atoms. The number of guanidine groups is 1. The average Bonchev–Trinajstić information content (AvgIpc) is 3.85. The molecule has 0 unspecified atom stereocenters. The molecule has 25 heteroatoms. The first-order valence-corrected chi connectivity index (χ1v) is 27.2. The number of H-pyrrole nitrogens is 1. The highest BCUT2D eigenvalue weighted by Gasteiger charge is 2.33. The molecular weight excluding hydrogens is 1040 g/mol. The number of nitrogens with one attached hydrogen (secondary N) is 8. The Morgan fingerprint density at radius 3 is 1.94 bits per heavy atom. The topological polar surface area (TPSA) is 390 Å². The third kappa shape index (κ3) is 20.1. The number of thioether (sulfide) groups is 1. The number of hydrogen-bond acceptors (Lipinski definition) is 12.